The second kappa shape index (κ2) is 12.4. The van der Waals surface area contributed by atoms with Crippen molar-refractivity contribution in [3.05, 3.63) is 107 Å². The lowest BCUT2D eigenvalue weighted by Gasteiger charge is -2.26. The second-order valence-electron chi connectivity index (χ2n) is 8.60. The zero-order valence-electron chi connectivity index (χ0n) is 19.6. The highest BCUT2D eigenvalue weighted by Gasteiger charge is 2.25. The van der Waals surface area contributed by atoms with Crippen LogP contribution in [0, 0.1) is 11.6 Å². The first-order valence-electron chi connectivity index (χ1n) is 11.6. The zero-order valence-corrected chi connectivity index (χ0v) is 19.6. The summed E-state index contributed by atoms with van der Waals surface area (Å²) in [6.45, 7) is 4.64. The van der Waals surface area contributed by atoms with Crippen LogP contribution in [-0.4, -0.2) is 29.7 Å². The molecule has 0 spiro atoms. The van der Waals surface area contributed by atoms with E-state index in [1.165, 1.54) is 17.7 Å². The number of aryl methyl sites for hydroxylation is 1. The van der Waals surface area contributed by atoms with Gasteiger partial charge < -0.3 is 15.7 Å². The van der Waals surface area contributed by atoms with Gasteiger partial charge in [0.2, 0.25) is 5.91 Å². The fourth-order valence-corrected chi connectivity index (χ4v) is 3.93. The van der Waals surface area contributed by atoms with Gasteiger partial charge in [-0.2, -0.15) is 0 Å². The number of benzene rings is 3. The van der Waals surface area contributed by atoms with E-state index in [2.05, 4.69) is 29.7 Å². The van der Waals surface area contributed by atoms with Gasteiger partial charge in [-0.25, -0.2) is 8.78 Å². The number of halogens is 2. The van der Waals surface area contributed by atoms with Crippen molar-refractivity contribution in [1.29, 1.82) is 0 Å². The maximum atomic E-state index is 13.7. The van der Waals surface area contributed by atoms with E-state index < -0.39 is 29.7 Å². The third-order valence-corrected chi connectivity index (χ3v) is 5.95. The van der Waals surface area contributed by atoms with Crippen LogP contribution in [0.2, 0.25) is 0 Å². The molecule has 3 rings (SSSR count). The fraction of sp³-hybridized carbons (Fsp3) is 0.321. The molecule has 3 N–H and O–H groups in total. The van der Waals surface area contributed by atoms with Gasteiger partial charge in [0.05, 0.1) is 18.1 Å². The Labute approximate surface area is 200 Å². The standard InChI is InChI=1S/C28H32F2N2O2/c1-3-20-8-7-9-21(12-20)17-31-18-27(33)26(15-22-13-24(29)16-25(30)14-22)32-28(34)19(2)23-10-5-4-6-11-23/h4-14,16,19,26-27,31,33H,3,15,17-18H2,1-2H3,(H,32,34)/t19-,26-,27+/m0/s1. The number of aliphatic hydroxyl groups excluding tert-OH is 1. The minimum Gasteiger partial charge on any atom is -0.390 e. The molecule has 0 bridgehead atoms. The predicted molar refractivity (Wildman–Crippen MR) is 130 cm³/mol. The molecular weight excluding hydrogens is 434 g/mol. The van der Waals surface area contributed by atoms with E-state index in [1.807, 2.05) is 42.5 Å². The van der Waals surface area contributed by atoms with Gasteiger partial charge in [0.25, 0.3) is 0 Å². The predicted octanol–water partition coefficient (Wildman–Crippen LogP) is 4.51. The minimum absolute atomic E-state index is 0.0933. The molecule has 0 saturated heterocycles. The van der Waals surface area contributed by atoms with Gasteiger partial charge >= 0.3 is 0 Å². The van der Waals surface area contributed by atoms with Crippen molar-refractivity contribution in [2.75, 3.05) is 6.54 Å². The van der Waals surface area contributed by atoms with Gasteiger partial charge in [0.15, 0.2) is 0 Å². The van der Waals surface area contributed by atoms with E-state index in [9.17, 15) is 18.7 Å². The summed E-state index contributed by atoms with van der Waals surface area (Å²) in [6, 6.07) is 20.0. The van der Waals surface area contributed by atoms with E-state index >= 15 is 0 Å². The molecule has 1 amide bonds. The lowest BCUT2D eigenvalue weighted by Crippen LogP contribution is -2.49. The third-order valence-electron chi connectivity index (χ3n) is 5.95. The van der Waals surface area contributed by atoms with Crippen LogP contribution in [0.15, 0.2) is 72.8 Å². The summed E-state index contributed by atoms with van der Waals surface area (Å²) in [5, 5.41) is 17.0. The largest absolute Gasteiger partial charge is 0.390 e. The Morgan fingerprint density at radius 1 is 0.912 bits per heavy atom. The maximum absolute atomic E-state index is 13.7. The molecule has 3 atom stereocenters. The molecular formula is C28H32F2N2O2. The molecule has 3 aromatic carbocycles. The number of carbonyl (C=O) groups excluding carboxylic acids is 1. The Morgan fingerprint density at radius 2 is 1.59 bits per heavy atom. The molecule has 0 heterocycles. The Morgan fingerprint density at radius 3 is 2.26 bits per heavy atom. The minimum atomic E-state index is -0.965. The summed E-state index contributed by atoms with van der Waals surface area (Å²) in [6.07, 6.45) is 0.0670. The zero-order chi connectivity index (χ0) is 24.5. The second-order valence-corrected chi connectivity index (χ2v) is 8.60. The molecule has 180 valence electrons. The number of carbonyl (C=O) groups is 1. The van der Waals surface area contributed by atoms with E-state index in [-0.39, 0.29) is 18.9 Å². The van der Waals surface area contributed by atoms with Crippen LogP contribution in [0.5, 0.6) is 0 Å². The van der Waals surface area contributed by atoms with Gasteiger partial charge in [0.1, 0.15) is 11.6 Å². The third kappa shape index (κ3) is 7.47. The summed E-state index contributed by atoms with van der Waals surface area (Å²) in [5.74, 6) is -2.09. The van der Waals surface area contributed by atoms with Crippen LogP contribution >= 0.6 is 0 Å². The molecule has 0 radical (unpaired) electrons. The number of rotatable bonds is 11. The highest BCUT2D eigenvalue weighted by Crippen LogP contribution is 2.17. The van der Waals surface area contributed by atoms with Crippen LogP contribution < -0.4 is 10.6 Å². The molecule has 0 fully saturated rings. The molecule has 6 heteroatoms. The van der Waals surface area contributed by atoms with Crippen LogP contribution in [0.1, 0.15) is 42.0 Å². The molecule has 0 aliphatic heterocycles. The van der Waals surface area contributed by atoms with Crippen LogP contribution in [-0.2, 0) is 24.2 Å². The SMILES string of the molecule is CCc1cccc(CNC[C@@H](O)[C@H](Cc2cc(F)cc(F)c2)NC(=O)[C@@H](C)c2ccccc2)c1. The quantitative estimate of drug-likeness (QED) is 0.390. The highest BCUT2D eigenvalue weighted by molar-refractivity contribution is 5.83. The van der Waals surface area contributed by atoms with Gasteiger partial charge in [-0.15, -0.1) is 0 Å². The first kappa shape index (κ1) is 25.5. The monoisotopic (exact) mass is 466 g/mol. The average molecular weight is 467 g/mol. The summed E-state index contributed by atoms with van der Waals surface area (Å²) in [5.41, 5.74) is 3.54. The molecule has 3 aromatic rings. The van der Waals surface area contributed by atoms with Gasteiger partial charge in [0, 0.05) is 19.2 Å². The van der Waals surface area contributed by atoms with Gasteiger partial charge in [-0.05, 0) is 54.2 Å². The Balaban J connectivity index is 1.69. The fourth-order valence-electron chi connectivity index (χ4n) is 3.93. The Hall–Kier alpha value is -3.09. The summed E-state index contributed by atoms with van der Waals surface area (Å²) >= 11 is 0. The molecule has 34 heavy (non-hydrogen) atoms. The van der Waals surface area contributed by atoms with Crippen molar-refractivity contribution >= 4 is 5.91 Å². The number of hydrogen-bond acceptors (Lipinski definition) is 3. The molecule has 0 saturated carbocycles. The normalized spacial score (nSPS) is 13.8. The molecule has 0 aromatic heterocycles. The lowest BCUT2D eigenvalue weighted by atomic mass is 9.97. The van der Waals surface area contributed by atoms with Crippen molar-refractivity contribution in [3.63, 3.8) is 0 Å². The van der Waals surface area contributed by atoms with Gasteiger partial charge in [-0.3, -0.25) is 4.79 Å². The van der Waals surface area contributed by atoms with Crippen LogP contribution in [0.25, 0.3) is 0 Å². The smallest absolute Gasteiger partial charge is 0.227 e. The number of nitrogens with one attached hydrogen (secondary N) is 2. The highest BCUT2D eigenvalue weighted by atomic mass is 19.1. The van der Waals surface area contributed by atoms with E-state index in [4.69, 9.17) is 0 Å². The maximum Gasteiger partial charge on any atom is 0.227 e. The summed E-state index contributed by atoms with van der Waals surface area (Å²) in [4.78, 5) is 13.0. The number of amides is 1. The van der Waals surface area contributed by atoms with Crippen molar-refractivity contribution in [2.24, 2.45) is 0 Å². The summed E-state index contributed by atoms with van der Waals surface area (Å²) < 4.78 is 27.5. The topological polar surface area (TPSA) is 61.4 Å². The Bertz CT molecular complexity index is 1050. The number of hydrogen-bond donors (Lipinski definition) is 3. The summed E-state index contributed by atoms with van der Waals surface area (Å²) in [7, 11) is 0. The molecule has 4 nitrogen and oxygen atoms in total. The van der Waals surface area contributed by atoms with Crippen molar-refractivity contribution < 1.29 is 18.7 Å². The first-order valence-corrected chi connectivity index (χ1v) is 11.6. The number of aliphatic hydroxyl groups is 1. The van der Waals surface area contributed by atoms with E-state index in [1.54, 1.807) is 6.92 Å². The average Bonchev–Trinajstić information content (AvgIpc) is 2.83. The molecule has 0 aliphatic carbocycles. The van der Waals surface area contributed by atoms with Crippen LogP contribution in [0.3, 0.4) is 0 Å². The molecule has 0 unspecified atom stereocenters. The Kier molecular flexibility index (Phi) is 9.31. The van der Waals surface area contributed by atoms with Crippen molar-refractivity contribution in [3.8, 4) is 0 Å². The van der Waals surface area contributed by atoms with E-state index in [0.29, 0.717) is 12.1 Å². The lowest BCUT2D eigenvalue weighted by molar-refractivity contribution is -0.123. The molecule has 0 aliphatic rings. The first-order chi connectivity index (χ1) is 16.4. The van der Waals surface area contributed by atoms with Crippen molar-refractivity contribution in [2.45, 2.75) is 51.3 Å². The van der Waals surface area contributed by atoms with E-state index in [0.717, 1.165) is 23.6 Å². The van der Waals surface area contributed by atoms with Crippen LogP contribution in [0.4, 0.5) is 8.78 Å². The van der Waals surface area contributed by atoms with Gasteiger partial charge in [-0.1, -0.05) is 61.5 Å². The van der Waals surface area contributed by atoms with Crippen molar-refractivity contribution in [1.82, 2.24) is 10.6 Å².